The van der Waals surface area contributed by atoms with Crippen molar-refractivity contribution in [3.05, 3.63) is 0 Å². The zero-order valence-electron chi connectivity index (χ0n) is 5.36. The van der Waals surface area contributed by atoms with E-state index < -0.39 is 10.1 Å². The third kappa shape index (κ3) is 8.50. The smallest absolute Gasteiger partial charge is 0.217 e. The fraction of sp³-hybridized carbons (Fsp3) is 1.00. The predicted octanol–water partition coefficient (Wildman–Crippen LogP) is 1.27. The molecule has 2 nitrogen and oxygen atoms in total. The fourth-order valence-corrected chi connectivity index (χ4v) is 1.17. The van der Waals surface area contributed by atoms with Crippen LogP contribution >= 0.6 is 23.2 Å². The number of rotatable bonds is 2. The van der Waals surface area contributed by atoms with Crippen LogP contribution in [0.5, 0.6) is 0 Å². The molecule has 0 aromatic rings. The van der Waals surface area contributed by atoms with Crippen LogP contribution in [-0.4, -0.2) is 20.3 Å². The molecule has 0 rings (SSSR count). The van der Waals surface area contributed by atoms with Crippen molar-refractivity contribution in [2.24, 2.45) is 0 Å². The molecule has 0 bridgehead atoms. The Labute approximate surface area is 64.4 Å². The summed E-state index contributed by atoms with van der Waals surface area (Å²) in [7, 11) is 0. The van der Waals surface area contributed by atoms with Gasteiger partial charge in [-0.1, -0.05) is 23.2 Å². The zero-order valence-corrected chi connectivity index (χ0v) is 6.87. The van der Waals surface area contributed by atoms with E-state index in [4.69, 9.17) is 33.4 Å². The van der Waals surface area contributed by atoms with Crippen LogP contribution in [0.3, 0.4) is 0 Å². The van der Waals surface area contributed by atoms with E-state index in [9.17, 15) is 0 Å². The van der Waals surface area contributed by atoms with E-state index in [0.717, 1.165) is 0 Å². The second-order valence-electron chi connectivity index (χ2n) is 2.66. The van der Waals surface area contributed by atoms with Crippen LogP contribution in [0.1, 0.15) is 20.3 Å². The highest BCUT2D eigenvalue weighted by molar-refractivity contribution is 6.46. The predicted molar refractivity (Wildman–Crippen MR) is 37.6 cm³/mol. The number of halogens is 2. The van der Waals surface area contributed by atoms with Gasteiger partial charge >= 0.3 is 0 Å². The van der Waals surface area contributed by atoms with Crippen molar-refractivity contribution in [3.8, 4) is 0 Å². The summed E-state index contributed by atoms with van der Waals surface area (Å²) in [5, 5.41) is 17.7. The van der Waals surface area contributed by atoms with E-state index in [2.05, 4.69) is 0 Å². The van der Waals surface area contributed by atoms with Crippen LogP contribution in [0.15, 0.2) is 0 Å². The SMILES string of the molecule is CC(C)(O)CC(O)(Cl)Cl. The Kier molecular flexibility index (Phi) is 2.77. The standard InChI is InChI=1S/C5H10Cl2O2/c1-4(2,8)3-5(6,7)9/h8-9H,3H2,1-2H3. The Hall–Kier alpha value is 0.500. The first-order valence-electron chi connectivity index (χ1n) is 2.53. The van der Waals surface area contributed by atoms with Gasteiger partial charge in [0.25, 0.3) is 0 Å². The molecule has 4 heteroatoms. The lowest BCUT2D eigenvalue weighted by Gasteiger charge is -2.22. The van der Waals surface area contributed by atoms with Crippen LogP contribution in [0, 0.1) is 0 Å². The van der Waals surface area contributed by atoms with Crippen molar-refractivity contribution >= 4 is 23.2 Å². The second-order valence-corrected chi connectivity index (χ2v) is 4.10. The summed E-state index contributed by atoms with van der Waals surface area (Å²) in [6.45, 7) is 3.03. The van der Waals surface area contributed by atoms with Gasteiger partial charge in [-0.05, 0) is 13.8 Å². The molecule has 9 heavy (non-hydrogen) atoms. The first kappa shape index (κ1) is 9.50. The normalized spacial score (nSPS) is 14.0. The molecular weight excluding hydrogens is 163 g/mol. The molecule has 0 aromatic heterocycles. The Bertz CT molecular complexity index is 78.1. The van der Waals surface area contributed by atoms with Gasteiger partial charge in [0, 0.05) is 6.42 Å². The molecule has 0 saturated heterocycles. The van der Waals surface area contributed by atoms with Gasteiger partial charge in [0.05, 0.1) is 5.60 Å². The van der Waals surface area contributed by atoms with E-state index in [0.29, 0.717) is 0 Å². The molecule has 0 radical (unpaired) electrons. The van der Waals surface area contributed by atoms with Crippen LogP contribution in [0.2, 0.25) is 0 Å². The quantitative estimate of drug-likeness (QED) is 0.617. The molecule has 0 heterocycles. The minimum atomic E-state index is -1.82. The number of hydrogen-bond donors (Lipinski definition) is 2. The van der Waals surface area contributed by atoms with Crippen molar-refractivity contribution in [1.29, 1.82) is 0 Å². The molecule has 0 fully saturated rings. The lowest BCUT2D eigenvalue weighted by molar-refractivity contribution is 0.0299. The summed E-state index contributed by atoms with van der Waals surface area (Å²) >= 11 is 10.4. The first-order chi connectivity index (χ1) is 3.71. The summed E-state index contributed by atoms with van der Waals surface area (Å²) in [6, 6.07) is 0. The topological polar surface area (TPSA) is 40.5 Å². The number of hydrogen-bond acceptors (Lipinski definition) is 2. The van der Waals surface area contributed by atoms with Crippen LogP contribution in [0.4, 0.5) is 0 Å². The maximum atomic E-state index is 9.02. The molecule has 0 amide bonds. The molecule has 0 unspecified atom stereocenters. The molecule has 2 N–H and O–H groups in total. The van der Waals surface area contributed by atoms with Crippen molar-refractivity contribution in [2.45, 2.75) is 30.4 Å². The van der Waals surface area contributed by atoms with Gasteiger partial charge in [0.2, 0.25) is 4.52 Å². The van der Waals surface area contributed by atoms with Gasteiger partial charge in [-0.25, -0.2) is 0 Å². The third-order valence-corrected chi connectivity index (χ3v) is 0.913. The zero-order chi connectivity index (χ0) is 7.71. The summed E-state index contributed by atoms with van der Waals surface area (Å²) in [5.74, 6) is 0. The molecule has 0 aliphatic carbocycles. The van der Waals surface area contributed by atoms with Gasteiger partial charge in [0.15, 0.2) is 0 Å². The third-order valence-electron chi connectivity index (χ3n) is 0.645. The minimum Gasteiger partial charge on any atom is -0.390 e. The largest absolute Gasteiger partial charge is 0.390 e. The molecular formula is C5H10Cl2O2. The van der Waals surface area contributed by atoms with Crippen molar-refractivity contribution in [1.82, 2.24) is 0 Å². The van der Waals surface area contributed by atoms with Crippen molar-refractivity contribution in [3.63, 3.8) is 0 Å². The lowest BCUT2D eigenvalue weighted by Crippen LogP contribution is -2.28. The van der Waals surface area contributed by atoms with E-state index >= 15 is 0 Å². The molecule has 56 valence electrons. The summed E-state index contributed by atoms with van der Waals surface area (Å²) in [4.78, 5) is 0. The highest BCUT2D eigenvalue weighted by Crippen LogP contribution is 2.27. The maximum Gasteiger partial charge on any atom is 0.217 e. The maximum absolute atomic E-state index is 9.02. The molecule has 0 atom stereocenters. The summed E-state index contributed by atoms with van der Waals surface area (Å²) < 4.78 is -1.82. The Balaban J connectivity index is 3.75. The second kappa shape index (κ2) is 2.62. The Morgan fingerprint density at radius 1 is 1.22 bits per heavy atom. The minimum absolute atomic E-state index is 0.0664. The fourth-order valence-electron chi connectivity index (χ4n) is 0.520. The monoisotopic (exact) mass is 172 g/mol. The van der Waals surface area contributed by atoms with Crippen molar-refractivity contribution < 1.29 is 10.2 Å². The molecule has 0 aromatic carbocycles. The summed E-state index contributed by atoms with van der Waals surface area (Å²) in [5.41, 5.74) is -1.03. The van der Waals surface area contributed by atoms with Gasteiger partial charge in [0.1, 0.15) is 0 Å². The van der Waals surface area contributed by atoms with Gasteiger partial charge in [-0.2, -0.15) is 0 Å². The highest BCUT2D eigenvalue weighted by atomic mass is 35.5. The number of alkyl halides is 2. The lowest BCUT2D eigenvalue weighted by atomic mass is 10.1. The van der Waals surface area contributed by atoms with E-state index in [-0.39, 0.29) is 6.42 Å². The highest BCUT2D eigenvalue weighted by Gasteiger charge is 2.28. The molecule has 0 saturated carbocycles. The van der Waals surface area contributed by atoms with Crippen LogP contribution in [-0.2, 0) is 0 Å². The molecule has 0 aliphatic heterocycles. The van der Waals surface area contributed by atoms with Gasteiger partial charge < -0.3 is 10.2 Å². The van der Waals surface area contributed by atoms with Gasteiger partial charge in [-0.15, -0.1) is 0 Å². The Morgan fingerprint density at radius 2 is 1.56 bits per heavy atom. The van der Waals surface area contributed by atoms with E-state index in [1.54, 1.807) is 0 Å². The average Bonchev–Trinajstić information content (AvgIpc) is 1.14. The molecule has 0 spiro atoms. The Morgan fingerprint density at radius 3 is 1.56 bits per heavy atom. The van der Waals surface area contributed by atoms with E-state index in [1.165, 1.54) is 13.8 Å². The van der Waals surface area contributed by atoms with Gasteiger partial charge in [-0.3, -0.25) is 0 Å². The van der Waals surface area contributed by atoms with Crippen molar-refractivity contribution in [2.75, 3.05) is 0 Å². The number of aliphatic hydroxyl groups is 2. The van der Waals surface area contributed by atoms with Crippen LogP contribution < -0.4 is 0 Å². The first-order valence-corrected chi connectivity index (χ1v) is 3.29. The van der Waals surface area contributed by atoms with E-state index in [1.807, 2.05) is 0 Å². The van der Waals surface area contributed by atoms with Crippen LogP contribution in [0.25, 0.3) is 0 Å². The average molecular weight is 173 g/mol. The molecule has 0 aliphatic rings. The summed E-state index contributed by atoms with van der Waals surface area (Å²) in [6.07, 6.45) is -0.0664.